The molecule has 0 saturated carbocycles. The first-order valence-corrected chi connectivity index (χ1v) is 8.96. The van der Waals surface area contributed by atoms with Crippen molar-refractivity contribution < 1.29 is 13.5 Å². The Morgan fingerprint density at radius 1 is 1.04 bits per heavy atom. The summed E-state index contributed by atoms with van der Waals surface area (Å²) in [6, 6.07) is 12.5. The second-order valence-corrected chi connectivity index (χ2v) is 8.08. The summed E-state index contributed by atoms with van der Waals surface area (Å²) in [6.45, 7) is 7.36. The first-order valence-electron chi connectivity index (χ1n) is 7.48. The second-order valence-electron chi connectivity index (χ2n) is 6.35. The van der Waals surface area contributed by atoms with Crippen molar-refractivity contribution in [2.45, 2.75) is 44.7 Å². The maximum absolute atomic E-state index is 12.4. The summed E-state index contributed by atoms with van der Waals surface area (Å²) >= 11 is 0. The molecular formula is C18H23NO3S. The van der Waals surface area contributed by atoms with E-state index in [1.165, 1.54) is 0 Å². The number of nitrogens with one attached hydrogen (secondary N) is 1. The summed E-state index contributed by atoms with van der Waals surface area (Å²) in [5.74, 6) is 0. The highest BCUT2D eigenvalue weighted by molar-refractivity contribution is 7.89. The van der Waals surface area contributed by atoms with Crippen molar-refractivity contribution in [1.29, 1.82) is 0 Å². The summed E-state index contributed by atoms with van der Waals surface area (Å²) in [5, 5.41) is 9.93. The van der Waals surface area contributed by atoms with Gasteiger partial charge in [-0.15, -0.1) is 0 Å². The first-order chi connectivity index (χ1) is 10.6. The van der Waals surface area contributed by atoms with Gasteiger partial charge in [0.2, 0.25) is 10.0 Å². The predicted molar refractivity (Wildman–Crippen MR) is 91.6 cm³/mol. The summed E-state index contributed by atoms with van der Waals surface area (Å²) in [6.07, 6.45) is 0. The standard InChI is InChI=1S/C18H23NO3S/c1-13-5-10-17(14(2)11-13)23(21,22)19-12-15-6-8-16(9-7-15)18(3,4)20/h5-11,19-20H,12H2,1-4H3. The van der Waals surface area contributed by atoms with Crippen LogP contribution in [0.4, 0.5) is 0 Å². The fourth-order valence-electron chi connectivity index (χ4n) is 2.39. The van der Waals surface area contributed by atoms with Gasteiger partial charge in [0.25, 0.3) is 0 Å². The lowest BCUT2D eigenvalue weighted by atomic mass is 9.97. The van der Waals surface area contributed by atoms with Gasteiger partial charge in [-0.1, -0.05) is 42.0 Å². The number of aryl methyl sites for hydroxylation is 2. The minimum Gasteiger partial charge on any atom is -0.386 e. The number of aliphatic hydroxyl groups is 1. The number of sulfonamides is 1. The molecule has 0 heterocycles. The summed E-state index contributed by atoms with van der Waals surface area (Å²) in [7, 11) is -3.54. The van der Waals surface area contributed by atoms with Crippen LogP contribution >= 0.6 is 0 Å². The van der Waals surface area contributed by atoms with Crippen LogP contribution in [-0.2, 0) is 22.2 Å². The molecule has 0 aromatic heterocycles. The van der Waals surface area contributed by atoms with Crippen molar-refractivity contribution in [3.63, 3.8) is 0 Å². The van der Waals surface area contributed by atoms with Gasteiger partial charge >= 0.3 is 0 Å². The van der Waals surface area contributed by atoms with Gasteiger partial charge in [0, 0.05) is 6.54 Å². The summed E-state index contributed by atoms with van der Waals surface area (Å²) in [4.78, 5) is 0.302. The Kier molecular flexibility index (Phi) is 4.94. The third-order valence-electron chi connectivity index (χ3n) is 3.75. The van der Waals surface area contributed by atoms with Crippen molar-refractivity contribution in [2.24, 2.45) is 0 Å². The molecule has 23 heavy (non-hydrogen) atoms. The van der Waals surface area contributed by atoms with Gasteiger partial charge < -0.3 is 5.11 Å². The minimum absolute atomic E-state index is 0.210. The zero-order valence-corrected chi connectivity index (χ0v) is 14.7. The lowest BCUT2D eigenvalue weighted by Crippen LogP contribution is -2.24. The molecule has 0 unspecified atom stereocenters. The molecule has 0 aliphatic rings. The molecule has 0 radical (unpaired) electrons. The third kappa shape index (κ3) is 4.41. The van der Waals surface area contributed by atoms with E-state index in [4.69, 9.17) is 0 Å². The normalized spacial score (nSPS) is 12.4. The maximum atomic E-state index is 12.4. The molecule has 0 spiro atoms. The Labute approximate surface area is 138 Å². The monoisotopic (exact) mass is 333 g/mol. The van der Waals surface area contributed by atoms with E-state index >= 15 is 0 Å². The van der Waals surface area contributed by atoms with Gasteiger partial charge in [-0.2, -0.15) is 0 Å². The van der Waals surface area contributed by atoms with E-state index in [9.17, 15) is 13.5 Å². The van der Waals surface area contributed by atoms with Gasteiger partial charge in [0.1, 0.15) is 0 Å². The first kappa shape index (κ1) is 17.7. The van der Waals surface area contributed by atoms with Crippen LogP contribution in [0, 0.1) is 13.8 Å². The summed E-state index contributed by atoms with van der Waals surface area (Å²) in [5.41, 5.74) is 2.49. The minimum atomic E-state index is -3.54. The fourth-order valence-corrected chi connectivity index (χ4v) is 3.63. The molecule has 0 aliphatic heterocycles. The second kappa shape index (κ2) is 6.43. The molecule has 4 nitrogen and oxygen atoms in total. The number of benzene rings is 2. The zero-order chi connectivity index (χ0) is 17.3. The number of hydrogen-bond donors (Lipinski definition) is 2. The molecule has 2 aromatic rings. The van der Waals surface area contributed by atoms with Crippen LogP contribution in [0.5, 0.6) is 0 Å². The molecule has 0 fully saturated rings. The lowest BCUT2D eigenvalue weighted by molar-refractivity contribution is 0.0786. The Hall–Kier alpha value is -1.69. The van der Waals surface area contributed by atoms with Gasteiger partial charge in [0.15, 0.2) is 0 Å². The molecule has 0 bridgehead atoms. The van der Waals surface area contributed by atoms with E-state index < -0.39 is 15.6 Å². The molecule has 5 heteroatoms. The maximum Gasteiger partial charge on any atom is 0.241 e. The lowest BCUT2D eigenvalue weighted by Gasteiger charge is -2.18. The molecule has 0 atom stereocenters. The molecule has 0 amide bonds. The van der Waals surface area contributed by atoms with Crippen molar-refractivity contribution in [3.05, 3.63) is 64.7 Å². The highest BCUT2D eigenvalue weighted by Crippen LogP contribution is 2.20. The predicted octanol–water partition coefficient (Wildman–Crippen LogP) is 3.01. The summed E-state index contributed by atoms with van der Waals surface area (Å²) < 4.78 is 27.4. The van der Waals surface area contributed by atoms with Crippen LogP contribution in [-0.4, -0.2) is 13.5 Å². The van der Waals surface area contributed by atoms with Crippen molar-refractivity contribution in [1.82, 2.24) is 4.72 Å². The van der Waals surface area contributed by atoms with E-state index in [0.29, 0.717) is 4.90 Å². The number of rotatable bonds is 5. The molecule has 2 aromatic carbocycles. The highest BCUT2D eigenvalue weighted by Gasteiger charge is 2.17. The van der Waals surface area contributed by atoms with Gasteiger partial charge in [-0.05, 0) is 50.5 Å². The largest absolute Gasteiger partial charge is 0.386 e. The van der Waals surface area contributed by atoms with Crippen molar-refractivity contribution in [2.75, 3.05) is 0 Å². The van der Waals surface area contributed by atoms with Crippen LogP contribution in [0.15, 0.2) is 47.4 Å². The SMILES string of the molecule is Cc1ccc(S(=O)(=O)NCc2ccc(C(C)(C)O)cc2)c(C)c1. The molecular weight excluding hydrogens is 310 g/mol. The Balaban J connectivity index is 2.13. The average Bonchev–Trinajstić information content (AvgIpc) is 2.44. The molecule has 124 valence electrons. The quantitative estimate of drug-likeness (QED) is 0.884. The van der Waals surface area contributed by atoms with Gasteiger partial charge in [-0.25, -0.2) is 13.1 Å². The average molecular weight is 333 g/mol. The van der Waals surface area contributed by atoms with E-state index in [-0.39, 0.29) is 6.54 Å². The molecule has 2 rings (SSSR count). The van der Waals surface area contributed by atoms with Crippen LogP contribution in [0.2, 0.25) is 0 Å². The van der Waals surface area contributed by atoms with Crippen molar-refractivity contribution in [3.8, 4) is 0 Å². The molecule has 0 saturated heterocycles. The van der Waals surface area contributed by atoms with Gasteiger partial charge in [0.05, 0.1) is 10.5 Å². The number of hydrogen-bond acceptors (Lipinski definition) is 3. The fraction of sp³-hybridized carbons (Fsp3) is 0.333. The Morgan fingerprint density at radius 2 is 1.65 bits per heavy atom. The molecule has 2 N–H and O–H groups in total. The van der Waals surface area contributed by atoms with E-state index in [1.54, 1.807) is 45.0 Å². The highest BCUT2D eigenvalue weighted by atomic mass is 32.2. The smallest absolute Gasteiger partial charge is 0.241 e. The van der Waals surface area contributed by atoms with Crippen LogP contribution < -0.4 is 4.72 Å². The Morgan fingerprint density at radius 3 is 2.17 bits per heavy atom. The van der Waals surface area contributed by atoms with Crippen LogP contribution in [0.3, 0.4) is 0 Å². The zero-order valence-electron chi connectivity index (χ0n) is 13.9. The van der Waals surface area contributed by atoms with Gasteiger partial charge in [-0.3, -0.25) is 0 Å². The van der Waals surface area contributed by atoms with E-state index in [1.807, 2.05) is 25.1 Å². The molecule has 0 aliphatic carbocycles. The topological polar surface area (TPSA) is 66.4 Å². The third-order valence-corrected chi connectivity index (χ3v) is 5.31. The van der Waals surface area contributed by atoms with E-state index in [0.717, 1.165) is 22.3 Å². The van der Waals surface area contributed by atoms with E-state index in [2.05, 4.69) is 4.72 Å². The Bertz CT molecular complexity index is 788. The van der Waals surface area contributed by atoms with Crippen molar-refractivity contribution >= 4 is 10.0 Å². The van der Waals surface area contributed by atoms with Crippen LogP contribution in [0.1, 0.15) is 36.1 Å². The van der Waals surface area contributed by atoms with Crippen LogP contribution in [0.25, 0.3) is 0 Å².